The van der Waals surface area contributed by atoms with Gasteiger partial charge in [-0.05, 0) is 37.0 Å². The van der Waals surface area contributed by atoms with Crippen LogP contribution in [0.3, 0.4) is 0 Å². The van der Waals surface area contributed by atoms with E-state index in [1.807, 2.05) is 23.1 Å². The van der Waals surface area contributed by atoms with Crippen LogP contribution >= 0.6 is 0 Å². The molecule has 0 unspecified atom stereocenters. The summed E-state index contributed by atoms with van der Waals surface area (Å²) >= 11 is 0. The first-order valence-electron chi connectivity index (χ1n) is 9.12. The Morgan fingerprint density at radius 2 is 2.04 bits per heavy atom. The lowest BCUT2D eigenvalue weighted by Gasteiger charge is -2.34. The molecule has 2 aromatic rings. The summed E-state index contributed by atoms with van der Waals surface area (Å²) in [5, 5.41) is 3.01. The van der Waals surface area contributed by atoms with Crippen LogP contribution < -0.4 is 5.32 Å². The minimum atomic E-state index is 0.0534. The van der Waals surface area contributed by atoms with E-state index in [1.165, 1.54) is 5.56 Å². The van der Waals surface area contributed by atoms with E-state index in [0.717, 1.165) is 56.1 Å². The molecule has 1 aromatic carbocycles. The lowest BCUT2D eigenvalue weighted by molar-refractivity contribution is 0.129. The van der Waals surface area contributed by atoms with Crippen molar-refractivity contribution in [3.8, 4) is 0 Å². The Hall–Kier alpha value is -2.08. The Bertz CT molecular complexity index is 717. The van der Waals surface area contributed by atoms with Gasteiger partial charge in [0.15, 0.2) is 5.58 Å². The third-order valence-electron chi connectivity index (χ3n) is 4.60. The van der Waals surface area contributed by atoms with Crippen LogP contribution in [0.2, 0.25) is 0 Å². The van der Waals surface area contributed by atoms with E-state index in [9.17, 15) is 4.79 Å². The predicted octanol–water partition coefficient (Wildman–Crippen LogP) is 3.01. The van der Waals surface area contributed by atoms with Crippen molar-refractivity contribution >= 4 is 17.1 Å². The van der Waals surface area contributed by atoms with Crippen molar-refractivity contribution in [3.05, 3.63) is 29.7 Å². The molecule has 1 aliphatic rings. The number of carbonyl (C=O) groups is 1. The number of oxazole rings is 1. The Kier molecular flexibility index (Phi) is 5.58. The standard InChI is InChI=1S/C19H28N4O2/c1-14(2)6-7-20-19(24)23-10-8-22(9-11-23)13-18-21-16-12-15(3)4-5-17(16)25-18/h4-5,12,14H,6-11,13H2,1-3H3,(H,20,24). The molecule has 1 saturated heterocycles. The number of piperazine rings is 1. The smallest absolute Gasteiger partial charge is 0.317 e. The minimum absolute atomic E-state index is 0.0534. The van der Waals surface area contributed by atoms with Gasteiger partial charge < -0.3 is 14.6 Å². The first-order chi connectivity index (χ1) is 12.0. The number of nitrogens with zero attached hydrogens (tertiary/aromatic N) is 3. The van der Waals surface area contributed by atoms with Crippen molar-refractivity contribution in [1.29, 1.82) is 0 Å². The molecule has 1 aromatic heterocycles. The van der Waals surface area contributed by atoms with Gasteiger partial charge in [0, 0.05) is 32.7 Å². The van der Waals surface area contributed by atoms with E-state index < -0.39 is 0 Å². The Morgan fingerprint density at radius 3 is 2.76 bits per heavy atom. The van der Waals surface area contributed by atoms with Crippen LogP contribution in [0.5, 0.6) is 0 Å². The fraction of sp³-hybridized carbons (Fsp3) is 0.579. The highest BCUT2D eigenvalue weighted by Crippen LogP contribution is 2.18. The van der Waals surface area contributed by atoms with Gasteiger partial charge in [0.1, 0.15) is 5.52 Å². The second-order valence-electron chi connectivity index (χ2n) is 7.26. The van der Waals surface area contributed by atoms with Crippen molar-refractivity contribution in [3.63, 3.8) is 0 Å². The van der Waals surface area contributed by atoms with Gasteiger partial charge in [-0.2, -0.15) is 0 Å². The minimum Gasteiger partial charge on any atom is -0.439 e. The number of rotatable bonds is 5. The molecule has 2 heterocycles. The number of benzene rings is 1. The van der Waals surface area contributed by atoms with Gasteiger partial charge in [-0.15, -0.1) is 0 Å². The SMILES string of the molecule is Cc1ccc2oc(CN3CCN(C(=O)NCCC(C)C)CC3)nc2c1. The molecule has 6 heteroatoms. The van der Waals surface area contributed by atoms with Crippen molar-refractivity contribution in [1.82, 2.24) is 20.1 Å². The average Bonchev–Trinajstić information content (AvgIpc) is 2.96. The number of amides is 2. The third-order valence-corrected chi connectivity index (χ3v) is 4.60. The first kappa shape index (κ1) is 17.7. The summed E-state index contributed by atoms with van der Waals surface area (Å²) in [6.45, 7) is 11.0. The van der Waals surface area contributed by atoms with Crippen molar-refractivity contribution < 1.29 is 9.21 Å². The van der Waals surface area contributed by atoms with Gasteiger partial charge in [-0.3, -0.25) is 4.90 Å². The summed E-state index contributed by atoms with van der Waals surface area (Å²) in [6.07, 6.45) is 1.02. The summed E-state index contributed by atoms with van der Waals surface area (Å²) in [5.41, 5.74) is 2.94. The number of carbonyl (C=O) groups excluding carboxylic acids is 1. The molecule has 3 rings (SSSR count). The van der Waals surface area contributed by atoms with Crippen LogP contribution in [-0.4, -0.2) is 53.5 Å². The molecule has 25 heavy (non-hydrogen) atoms. The lowest BCUT2D eigenvalue weighted by Crippen LogP contribution is -2.51. The highest BCUT2D eigenvalue weighted by Gasteiger charge is 2.22. The van der Waals surface area contributed by atoms with Crippen molar-refractivity contribution in [2.24, 2.45) is 5.92 Å². The Balaban J connectivity index is 1.47. The van der Waals surface area contributed by atoms with Gasteiger partial charge in [-0.1, -0.05) is 19.9 Å². The number of fused-ring (bicyclic) bond motifs is 1. The number of aryl methyl sites for hydroxylation is 1. The van der Waals surface area contributed by atoms with E-state index >= 15 is 0 Å². The molecule has 0 radical (unpaired) electrons. The van der Waals surface area contributed by atoms with E-state index in [2.05, 4.69) is 36.0 Å². The Labute approximate surface area is 149 Å². The molecule has 1 N–H and O–H groups in total. The molecule has 6 nitrogen and oxygen atoms in total. The van der Waals surface area contributed by atoms with Crippen LogP contribution in [0.1, 0.15) is 31.7 Å². The molecular weight excluding hydrogens is 316 g/mol. The zero-order valence-corrected chi connectivity index (χ0v) is 15.4. The summed E-state index contributed by atoms with van der Waals surface area (Å²) in [5.74, 6) is 1.35. The molecule has 0 aliphatic carbocycles. The number of nitrogens with one attached hydrogen (secondary N) is 1. The number of urea groups is 1. The largest absolute Gasteiger partial charge is 0.439 e. The Morgan fingerprint density at radius 1 is 1.28 bits per heavy atom. The van der Waals surface area contributed by atoms with Gasteiger partial charge in [0.05, 0.1) is 6.54 Å². The molecule has 136 valence electrons. The number of hydrogen-bond acceptors (Lipinski definition) is 4. The van der Waals surface area contributed by atoms with Crippen LogP contribution in [0.4, 0.5) is 4.79 Å². The lowest BCUT2D eigenvalue weighted by atomic mass is 10.1. The topological polar surface area (TPSA) is 61.6 Å². The van der Waals surface area contributed by atoms with Crippen LogP contribution in [0, 0.1) is 12.8 Å². The molecule has 1 aliphatic heterocycles. The number of hydrogen-bond donors (Lipinski definition) is 1. The van der Waals surface area contributed by atoms with Crippen molar-refractivity contribution in [2.45, 2.75) is 33.7 Å². The van der Waals surface area contributed by atoms with Crippen LogP contribution in [0.15, 0.2) is 22.6 Å². The maximum absolute atomic E-state index is 12.2. The summed E-state index contributed by atoms with van der Waals surface area (Å²) < 4.78 is 5.83. The summed E-state index contributed by atoms with van der Waals surface area (Å²) in [7, 11) is 0. The highest BCUT2D eigenvalue weighted by atomic mass is 16.3. The zero-order valence-electron chi connectivity index (χ0n) is 15.4. The fourth-order valence-corrected chi connectivity index (χ4v) is 3.03. The second kappa shape index (κ2) is 7.87. The highest BCUT2D eigenvalue weighted by molar-refractivity contribution is 5.74. The number of aromatic nitrogens is 1. The monoisotopic (exact) mass is 344 g/mol. The summed E-state index contributed by atoms with van der Waals surface area (Å²) in [6, 6.07) is 6.11. The van der Waals surface area contributed by atoms with Gasteiger partial charge in [-0.25, -0.2) is 9.78 Å². The van der Waals surface area contributed by atoms with Crippen molar-refractivity contribution in [2.75, 3.05) is 32.7 Å². The molecule has 0 atom stereocenters. The van der Waals surface area contributed by atoms with E-state index in [1.54, 1.807) is 0 Å². The van der Waals surface area contributed by atoms with E-state index in [0.29, 0.717) is 12.5 Å². The van der Waals surface area contributed by atoms with Gasteiger partial charge >= 0.3 is 6.03 Å². The maximum Gasteiger partial charge on any atom is 0.317 e. The first-order valence-corrected chi connectivity index (χ1v) is 9.12. The van der Waals surface area contributed by atoms with E-state index in [-0.39, 0.29) is 6.03 Å². The quantitative estimate of drug-likeness (QED) is 0.906. The van der Waals surface area contributed by atoms with Gasteiger partial charge in [0.2, 0.25) is 5.89 Å². The average molecular weight is 344 g/mol. The van der Waals surface area contributed by atoms with E-state index in [4.69, 9.17) is 4.42 Å². The van der Waals surface area contributed by atoms with Crippen LogP contribution in [0.25, 0.3) is 11.1 Å². The molecule has 0 spiro atoms. The second-order valence-corrected chi connectivity index (χ2v) is 7.26. The molecule has 0 saturated carbocycles. The van der Waals surface area contributed by atoms with Gasteiger partial charge in [0.25, 0.3) is 0 Å². The molecule has 2 amide bonds. The molecular formula is C19H28N4O2. The molecule has 1 fully saturated rings. The zero-order chi connectivity index (χ0) is 17.8. The normalized spacial score (nSPS) is 15.9. The van der Waals surface area contributed by atoms with Crippen LogP contribution in [-0.2, 0) is 6.54 Å². The molecule has 0 bridgehead atoms. The fourth-order valence-electron chi connectivity index (χ4n) is 3.03. The summed E-state index contributed by atoms with van der Waals surface area (Å²) in [4.78, 5) is 20.9. The predicted molar refractivity (Wildman–Crippen MR) is 98.4 cm³/mol. The third kappa shape index (κ3) is 4.72. The maximum atomic E-state index is 12.2.